The van der Waals surface area contributed by atoms with Gasteiger partial charge in [-0.2, -0.15) is 0 Å². The van der Waals surface area contributed by atoms with Crippen LogP contribution in [0.3, 0.4) is 0 Å². The molecule has 5 heteroatoms. The van der Waals surface area contributed by atoms with Crippen LogP contribution in [-0.2, 0) is 14.4 Å². The summed E-state index contributed by atoms with van der Waals surface area (Å²) in [5.74, 6) is -1.17. The standard InChI is InChI=1S/C6H7NO3S/c8-4-1-3(2-5(9)11)6(10)7-4/h3H,1-2H2,(H,9,11)(H,7,8,10). The van der Waals surface area contributed by atoms with E-state index in [2.05, 4.69) is 17.9 Å². The lowest BCUT2D eigenvalue weighted by atomic mass is 10.1. The SMILES string of the molecule is O=C(S)CC1CC(=O)NC1=O. The minimum Gasteiger partial charge on any atom is -0.296 e. The highest BCUT2D eigenvalue weighted by atomic mass is 32.1. The van der Waals surface area contributed by atoms with Crippen molar-refractivity contribution in [3.8, 4) is 0 Å². The van der Waals surface area contributed by atoms with E-state index in [0.29, 0.717) is 0 Å². The predicted octanol–water partition coefficient (Wildman–Crippen LogP) is -0.504. The van der Waals surface area contributed by atoms with Crippen molar-refractivity contribution >= 4 is 29.6 Å². The Kier molecular flexibility index (Phi) is 2.28. The summed E-state index contributed by atoms with van der Waals surface area (Å²) < 4.78 is 0. The molecule has 0 aromatic carbocycles. The van der Waals surface area contributed by atoms with Gasteiger partial charge in [0.1, 0.15) is 0 Å². The molecule has 0 aromatic heterocycles. The summed E-state index contributed by atoms with van der Waals surface area (Å²) in [6, 6.07) is 0. The highest BCUT2D eigenvalue weighted by molar-refractivity contribution is 7.96. The van der Waals surface area contributed by atoms with Crippen LogP contribution in [-0.4, -0.2) is 16.9 Å². The van der Waals surface area contributed by atoms with Gasteiger partial charge in [0, 0.05) is 12.8 Å². The Morgan fingerprint density at radius 1 is 1.64 bits per heavy atom. The van der Waals surface area contributed by atoms with Crippen molar-refractivity contribution in [2.45, 2.75) is 12.8 Å². The highest BCUT2D eigenvalue weighted by Gasteiger charge is 2.31. The third-order valence-electron chi connectivity index (χ3n) is 1.49. The van der Waals surface area contributed by atoms with E-state index in [0.717, 1.165) is 0 Å². The average molecular weight is 173 g/mol. The maximum Gasteiger partial charge on any atom is 0.230 e. The van der Waals surface area contributed by atoms with E-state index in [1.165, 1.54) is 0 Å². The topological polar surface area (TPSA) is 63.2 Å². The van der Waals surface area contributed by atoms with Crippen LogP contribution in [0.15, 0.2) is 0 Å². The molecule has 1 N–H and O–H groups in total. The van der Waals surface area contributed by atoms with Gasteiger partial charge in [-0.25, -0.2) is 0 Å². The molecule has 0 aromatic rings. The number of imide groups is 1. The van der Waals surface area contributed by atoms with Crippen LogP contribution in [0.2, 0.25) is 0 Å². The van der Waals surface area contributed by atoms with Crippen LogP contribution < -0.4 is 5.32 Å². The molecule has 1 rings (SSSR count). The first-order valence-electron chi connectivity index (χ1n) is 3.15. The van der Waals surface area contributed by atoms with Crippen LogP contribution in [0.25, 0.3) is 0 Å². The average Bonchev–Trinajstić information content (AvgIpc) is 2.09. The number of thiol groups is 1. The molecule has 0 bridgehead atoms. The summed E-state index contributed by atoms with van der Waals surface area (Å²) in [5.41, 5.74) is 0. The molecule has 0 radical (unpaired) electrons. The Labute approximate surface area is 68.7 Å². The number of carbonyl (C=O) groups is 3. The van der Waals surface area contributed by atoms with Crippen molar-refractivity contribution in [1.29, 1.82) is 0 Å². The molecule has 1 heterocycles. The van der Waals surface area contributed by atoms with Crippen LogP contribution in [0.4, 0.5) is 0 Å². The Balaban J connectivity index is 2.53. The van der Waals surface area contributed by atoms with Gasteiger partial charge in [-0.15, -0.1) is 12.6 Å². The molecule has 0 saturated carbocycles. The van der Waals surface area contributed by atoms with Crippen LogP contribution in [0.5, 0.6) is 0 Å². The normalized spacial score (nSPS) is 23.5. The lowest BCUT2D eigenvalue weighted by molar-refractivity contribution is -0.127. The predicted molar refractivity (Wildman–Crippen MR) is 39.9 cm³/mol. The smallest absolute Gasteiger partial charge is 0.230 e. The highest BCUT2D eigenvalue weighted by Crippen LogP contribution is 2.15. The summed E-state index contributed by atoms with van der Waals surface area (Å²) in [6.45, 7) is 0. The molecule has 0 aliphatic carbocycles. The molecular weight excluding hydrogens is 166 g/mol. The van der Waals surface area contributed by atoms with Crippen LogP contribution in [0, 0.1) is 5.92 Å². The number of amides is 2. The maximum atomic E-state index is 10.8. The van der Waals surface area contributed by atoms with Crippen molar-refractivity contribution in [2.24, 2.45) is 5.92 Å². The van der Waals surface area contributed by atoms with E-state index >= 15 is 0 Å². The second kappa shape index (κ2) is 3.04. The van der Waals surface area contributed by atoms with Crippen molar-refractivity contribution in [3.63, 3.8) is 0 Å². The third kappa shape index (κ3) is 2.04. The molecule has 1 unspecified atom stereocenters. The van der Waals surface area contributed by atoms with E-state index in [1.807, 2.05) is 0 Å². The first-order chi connectivity index (χ1) is 5.09. The zero-order chi connectivity index (χ0) is 8.43. The number of nitrogens with one attached hydrogen (secondary N) is 1. The van der Waals surface area contributed by atoms with Crippen molar-refractivity contribution in [3.05, 3.63) is 0 Å². The Morgan fingerprint density at radius 3 is 2.64 bits per heavy atom. The zero-order valence-electron chi connectivity index (χ0n) is 5.66. The van der Waals surface area contributed by atoms with Crippen molar-refractivity contribution in [1.82, 2.24) is 5.32 Å². The molecule has 1 atom stereocenters. The first-order valence-corrected chi connectivity index (χ1v) is 3.60. The van der Waals surface area contributed by atoms with Crippen molar-refractivity contribution < 1.29 is 14.4 Å². The second-order valence-corrected chi connectivity index (χ2v) is 2.91. The monoisotopic (exact) mass is 173 g/mol. The maximum absolute atomic E-state index is 10.8. The largest absolute Gasteiger partial charge is 0.296 e. The minimum absolute atomic E-state index is 0.0423. The summed E-state index contributed by atoms with van der Waals surface area (Å²) in [6.07, 6.45) is 0.159. The molecule has 60 valence electrons. The lowest BCUT2D eigenvalue weighted by Gasteiger charge is -1.98. The molecule has 1 aliphatic heterocycles. The summed E-state index contributed by atoms with van der Waals surface area (Å²) >= 11 is 3.51. The zero-order valence-corrected chi connectivity index (χ0v) is 6.56. The Morgan fingerprint density at radius 2 is 2.27 bits per heavy atom. The van der Waals surface area contributed by atoms with E-state index in [-0.39, 0.29) is 29.8 Å². The number of hydrogen-bond acceptors (Lipinski definition) is 3. The first kappa shape index (κ1) is 8.26. The molecular formula is C6H7NO3S. The Bertz CT molecular complexity index is 226. The van der Waals surface area contributed by atoms with Gasteiger partial charge in [-0.05, 0) is 0 Å². The van der Waals surface area contributed by atoms with E-state index in [9.17, 15) is 14.4 Å². The van der Waals surface area contributed by atoms with Crippen molar-refractivity contribution in [2.75, 3.05) is 0 Å². The summed E-state index contributed by atoms with van der Waals surface area (Å²) in [5, 5.41) is 1.75. The number of rotatable bonds is 2. The van der Waals surface area contributed by atoms with Gasteiger partial charge >= 0.3 is 0 Å². The molecule has 2 amide bonds. The van der Waals surface area contributed by atoms with Gasteiger partial charge in [-0.1, -0.05) is 0 Å². The van der Waals surface area contributed by atoms with Crippen LogP contribution in [0.1, 0.15) is 12.8 Å². The second-order valence-electron chi connectivity index (χ2n) is 2.41. The molecule has 1 saturated heterocycles. The molecule has 4 nitrogen and oxygen atoms in total. The van der Waals surface area contributed by atoms with Gasteiger partial charge in [0.05, 0.1) is 5.92 Å². The van der Waals surface area contributed by atoms with Gasteiger partial charge in [0.25, 0.3) is 0 Å². The minimum atomic E-state index is -0.493. The van der Waals surface area contributed by atoms with Crippen LogP contribution >= 0.6 is 12.6 Å². The van der Waals surface area contributed by atoms with Gasteiger partial charge in [0.15, 0.2) is 5.12 Å². The van der Waals surface area contributed by atoms with Gasteiger partial charge in [0.2, 0.25) is 11.8 Å². The lowest BCUT2D eigenvalue weighted by Crippen LogP contribution is -2.22. The quantitative estimate of drug-likeness (QED) is 0.437. The fraction of sp³-hybridized carbons (Fsp3) is 0.500. The molecule has 1 fully saturated rings. The summed E-state index contributed by atoms with van der Waals surface area (Å²) in [4.78, 5) is 31.8. The van der Waals surface area contributed by atoms with E-state index in [4.69, 9.17) is 0 Å². The Hall–Kier alpha value is -0.840. The fourth-order valence-electron chi connectivity index (χ4n) is 0.983. The van der Waals surface area contributed by atoms with Gasteiger partial charge in [-0.3, -0.25) is 19.7 Å². The van der Waals surface area contributed by atoms with E-state index < -0.39 is 5.92 Å². The number of carbonyl (C=O) groups excluding carboxylic acids is 3. The molecule has 11 heavy (non-hydrogen) atoms. The fourth-order valence-corrected chi connectivity index (χ4v) is 1.20. The molecule has 1 aliphatic rings. The molecule has 0 spiro atoms. The number of hydrogen-bond donors (Lipinski definition) is 2. The third-order valence-corrected chi connectivity index (χ3v) is 1.67. The summed E-state index contributed by atoms with van der Waals surface area (Å²) in [7, 11) is 0. The van der Waals surface area contributed by atoms with E-state index in [1.54, 1.807) is 0 Å². The van der Waals surface area contributed by atoms with Gasteiger partial charge < -0.3 is 0 Å².